The molecule has 0 fully saturated rings. The Morgan fingerprint density at radius 2 is 0.596 bits per heavy atom. The quantitative estimate of drug-likeness (QED) is 0.151. The van der Waals surface area contributed by atoms with Crippen LogP contribution in [0.25, 0.3) is 105 Å². The Kier molecular flexibility index (Phi) is 7.89. The van der Waals surface area contributed by atoms with Gasteiger partial charge in [-0.2, -0.15) is 0 Å². The minimum atomic E-state index is 1.15. The van der Waals surface area contributed by atoms with Crippen LogP contribution in [0.1, 0.15) is 0 Å². The van der Waals surface area contributed by atoms with Gasteiger partial charge in [0.1, 0.15) is 0 Å². The van der Waals surface area contributed by atoms with E-state index in [4.69, 9.17) is 0 Å². The summed E-state index contributed by atoms with van der Waals surface area (Å²) >= 11 is 0. The molecule has 57 heavy (non-hydrogen) atoms. The fourth-order valence-electron chi connectivity index (χ4n) is 8.93. The highest BCUT2D eigenvalue weighted by Crippen LogP contribution is 2.45. The van der Waals surface area contributed by atoms with Crippen LogP contribution in [0.3, 0.4) is 0 Å². The molecule has 0 aliphatic rings. The molecule has 0 N–H and O–H groups in total. The van der Waals surface area contributed by atoms with Crippen LogP contribution < -0.4 is 0 Å². The molecule has 11 aromatic rings. The van der Waals surface area contributed by atoms with Gasteiger partial charge in [0.05, 0.1) is 11.0 Å². The van der Waals surface area contributed by atoms with Gasteiger partial charge in [0.15, 0.2) is 0 Å². The number of benzene rings is 10. The topological polar surface area (TPSA) is 4.93 Å². The molecule has 0 aliphatic heterocycles. The van der Waals surface area contributed by atoms with Gasteiger partial charge in [-0.15, -0.1) is 0 Å². The molecule has 0 saturated carbocycles. The SMILES string of the molecule is c1ccc(-c2ccc(-c3ccc4c(c3)c3ccccc3n4-c3ccc(-c4c5ccccc5c(-c5cccc(-c6ccccc6)c5)c5ccccc45)cc3)cc2)cc1. The van der Waals surface area contributed by atoms with E-state index in [0.717, 1.165) is 5.69 Å². The number of hydrogen-bond donors (Lipinski definition) is 0. The summed E-state index contributed by atoms with van der Waals surface area (Å²) < 4.78 is 2.41. The molecule has 0 spiro atoms. The second kappa shape index (κ2) is 13.7. The average Bonchev–Trinajstić information content (AvgIpc) is 3.62. The highest BCUT2D eigenvalue weighted by atomic mass is 15.0. The van der Waals surface area contributed by atoms with Crippen LogP contribution in [-0.2, 0) is 0 Å². The molecule has 0 saturated heterocycles. The number of para-hydroxylation sites is 1. The normalized spacial score (nSPS) is 11.5. The van der Waals surface area contributed by atoms with E-state index < -0.39 is 0 Å². The van der Waals surface area contributed by atoms with Gasteiger partial charge in [0.2, 0.25) is 0 Å². The van der Waals surface area contributed by atoms with Crippen molar-refractivity contribution in [3.8, 4) is 61.3 Å². The van der Waals surface area contributed by atoms with Crippen LogP contribution >= 0.6 is 0 Å². The summed E-state index contributed by atoms with van der Waals surface area (Å²) in [6.45, 7) is 0. The van der Waals surface area contributed by atoms with Crippen molar-refractivity contribution in [2.45, 2.75) is 0 Å². The summed E-state index contributed by atoms with van der Waals surface area (Å²) in [7, 11) is 0. The standard InChI is InChI=1S/C56H37N/c1-3-14-38(15-4-1)40-26-28-41(29-27-40)44-32-35-54-52(37-44)47-20-11-12-25-53(47)57(54)46-33-30-42(31-34-46)55-48-21-7-9-23-50(48)56(51-24-10-8-22-49(51)55)45-19-13-18-43(36-45)39-16-5-2-6-17-39/h1-37H. The molecule has 11 rings (SSSR count). The Bertz CT molecular complexity index is 3190. The van der Waals surface area contributed by atoms with Gasteiger partial charge in [-0.3, -0.25) is 0 Å². The molecule has 10 aromatic carbocycles. The lowest BCUT2D eigenvalue weighted by Crippen LogP contribution is -1.95. The Morgan fingerprint density at radius 3 is 1.21 bits per heavy atom. The summed E-state index contributed by atoms with van der Waals surface area (Å²) in [6.07, 6.45) is 0. The second-order valence-corrected chi connectivity index (χ2v) is 14.9. The smallest absolute Gasteiger partial charge is 0.0541 e. The van der Waals surface area contributed by atoms with Gasteiger partial charge >= 0.3 is 0 Å². The predicted octanol–water partition coefficient (Wildman–Crippen LogP) is 15.4. The second-order valence-electron chi connectivity index (χ2n) is 14.9. The van der Waals surface area contributed by atoms with E-state index >= 15 is 0 Å². The largest absolute Gasteiger partial charge is 0.309 e. The first-order chi connectivity index (χ1) is 28.3. The van der Waals surface area contributed by atoms with E-state index in [1.807, 2.05) is 0 Å². The van der Waals surface area contributed by atoms with Crippen molar-refractivity contribution >= 4 is 43.4 Å². The summed E-state index contributed by atoms with van der Waals surface area (Å²) in [6, 6.07) is 81.9. The highest BCUT2D eigenvalue weighted by Gasteiger charge is 2.18. The summed E-state index contributed by atoms with van der Waals surface area (Å²) in [4.78, 5) is 0. The first-order valence-corrected chi connectivity index (χ1v) is 19.7. The fourth-order valence-corrected chi connectivity index (χ4v) is 8.93. The molecule has 0 aliphatic carbocycles. The van der Waals surface area contributed by atoms with Gasteiger partial charge in [-0.25, -0.2) is 0 Å². The van der Waals surface area contributed by atoms with Crippen LogP contribution in [0.15, 0.2) is 224 Å². The van der Waals surface area contributed by atoms with Gasteiger partial charge in [0.25, 0.3) is 0 Å². The maximum absolute atomic E-state index is 2.41. The third-order valence-corrected chi connectivity index (χ3v) is 11.6. The molecule has 0 atom stereocenters. The number of aromatic nitrogens is 1. The predicted molar refractivity (Wildman–Crippen MR) is 243 cm³/mol. The molecule has 0 amide bonds. The molecule has 0 unspecified atom stereocenters. The summed E-state index contributed by atoms with van der Waals surface area (Å²) in [5.74, 6) is 0. The van der Waals surface area contributed by atoms with E-state index in [0.29, 0.717) is 0 Å². The van der Waals surface area contributed by atoms with Gasteiger partial charge < -0.3 is 4.57 Å². The van der Waals surface area contributed by atoms with E-state index in [-0.39, 0.29) is 0 Å². The molecular weight excluding hydrogens is 687 g/mol. The van der Waals surface area contributed by atoms with Crippen LogP contribution in [0.5, 0.6) is 0 Å². The Morgan fingerprint density at radius 1 is 0.211 bits per heavy atom. The van der Waals surface area contributed by atoms with E-state index in [2.05, 4.69) is 229 Å². The lowest BCUT2D eigenvalue weighted by Gasteiger charge is -2.18. The van der Waals surface area contributed by atoms with Crippen molar-refractivity contribution in [3.63, 3.8) is 0 Å². The third-order valence-electron chi connectivity index (χ3n) is 11.6. The zero-order valence-corrected chi connectivity index (χ0v) is 31.3. The first-order valence-electron chi connectivity index (χ1n) is 19.7. The molecular formula is C56H37N. The molecule has 1 aromatic heterocycles. The van der Waals surface area contributed by atoms with Gasteiger partial charge in [0, 0.05) is 16.5 Å². The zero-order chi connectivity index (χ0) is 37.7. The maximum atomic E-state index is 2.41. The van der Waals surface area contributed by atoms with Crippen molar-refractivity contribution in [1.29, 1.82) is 0 Å². The fraction of sp³-hybridized carbons (Fsp3) is 0. The Hall–Kier alpha value is -7.48. The number of fused-ring (bicyclic) bond motifs is 5. The van der Waals surface area contributed by atoms with Crippen LogP contribution in [0, 0.1) is 0 Å². The van der Waals surface area contributed by atoms with Gasteiger partial charge in [-0.05, 0) is 114 Å². The van der Waals surface area contributed by atoms with Gasteiger partial charge in [-0.1, -0.05) is 188 Å². The Labute approximate surface area is 332 Å². The zero-order valence-electron chi connectivity index (χ0n) is 31.3. The molecule has 1 nitrogen and oxygen atoms in total. The highest BCUT2D eigenvalue weighted by molar-refractivity contribution is 6.21. The minimum absolute atomic E-state index is 1.15. The van der Waals surface area contributed by atoms with E-state index in [1.165, 1.54) is 99.0 Å². The maximum Gasteiger partial charge on any atom is 0.0541 e. The minimum Gasteiger partial charge on any atom is -0.309 e. The average molecular weight is 724 g/mol. The van der Waals surface area contributed by atoms with Crippen molar-refractivity contribution in [2.24, 2.45) is 0 Å². The molecule has 266 valence electrons. The first kappa shape index (κ1) is 32.9. The molecule has 1 heteroatoms. The summed E-state index contributed by atoms with van der Waals surface area (Å²) in [5.41, 5.74) is 15.9. The van der Waals surface area contributed by atoms with Crippen molar-refractivity contribution in [3.05, 3.63) is 224 Å². The van der Waals surface area contributed by atoms with Crippen molar-refractivity contribution < 1.29 is 0 Å². The lowest BCUT2D eigenvalue weighted by atomic mass is 9.85. The van der Waals surface area contributed by atoms with Crippen molar-refractivity contribution in [1.82, 2.24) is 4.57 Å². The van der Waals surface area contributed by atoms with Crippen LogP contribution in [0.2, 0.25) is 0 Å². The molecule has 0 bridgehead atoms. The third kappa shape index (κ3) is 5.63. The Balaban J connectivity index is 1.02. The number of nitrogens with zero attached hydrogens (tertiary/aromatic N) is 1. The lowest BCUT2D eigenvalue weighted by molar-refractivity contribution is 1.18. The van der Waals surface area contributed by atoms with Crippen molar-refractivity contribution in [2.75, 3.05) is 0 Å². The molecule has 1 heterocycles. The van der Waals surface area contributed by atoms with E-state index in [1.54, 1.807) is 0 Å². The van der Waals surface area contributed by atoms with Crippen LogP contribution in [-0.4, -0.2) is 4.57 Å². The number of rotatable bonds is 6. The monoisotopic (exact) mass is 723 g/mol. The number of hydrogen-bond acceptors (Lipinski definition) is 0. The summed E-state index contributed by atoms with van der Waals surface area (Å²) in [5, 5.41) is 7.53. The van der Waals surface area contributed by atoms with E-state index in [9.17, 15) is 0 Å². The van der Waals surface area contributed by atoms with Crippen LogP contribution in [0.4, 0.5) is 0 Å². The molecule has 0 radical (unpaired) electrons.